The van der Waals surface area contributed by atoms with E-state index in [-0.39, 0.29) is 35.9 Å². The predicted octanol–water partition coefficient (Wildman–Crippen LogP) is 3.38. The highest BCUT2D eigenvalue weighted by atomic mass is 16.6. The maximum absolute atomic E-state index is 12.9. The Hall–Kier alpha value is -2.87. The van der Waals surface area contributed by atoms with Gasteiger partial charge in [-0.1, -0.05) is 39.3 Å². The lowest BCUT2D eigenvalue weighted by Gasteiger charge is -2.43. The van der Waals surface area contributed by atoms with Gasteiger partial charge in [0.2, 0.25) is 0 Å². The average Bonchev–Trinajstić information content (AvgIpc) is 3.08. The zero-order valence-electron chi connectivity index (χ0n) is 19.7. The molecule has 1 saturated carbocycles. The van der Waals surface area contributed by atoms with Gasteiger partial charge in [0, 0.05) is 6.54 Å². The molecule has 8 nitrogen and oxygen atoms in total. The molecule has 1 aromatic heterocycles. The van der Waals surface area contributed by atoms with E-state index in [1.807, 2.05) is 19.9 Å². The molecule has 1 aliphatic rings. The molecule has 1 amide bonds. The first-order valence-electron chi connectivity index (χ1n) is 11.5. The summed E-state index contributed by atoms with van der Waals surface area (Å²) in [6.07, 6.45) is 2.84. The summed E-state index contributed by atoms with van der Waals surface area (Å²) >= 11 is 0. The molecule has 0 aliphatic heterocycles. The Balaban J connectivity index is 1.56. The molecule has 0 unspecified atom stereocenters. The predicted molar refractivity (Wildman–Crippen MR) is 121 cm³/mol. The standard InChI is InChI=1S/C25H33NO7/c1-15(2)20-9-8-16(3)13-25(20,30)23(28)26-11-10-18-6-5-7-19(12-18)22(27)31-14-21-17(4)32-24(29)33-21/h5-7,12,15-16,20,30H,8-11,13-14H2,1-4H3,(H,26,28)/t16-,20+,25+/m1/s1. The molecule has 3 rings (SSSR count). The van der Waals surface area contributed by atoms with Crippen LogP contribution in [0.5, 0.6) is 0 Å². The van der Waals surface area contributed by atoms with Crippen LogP contribution in [0, 0.1) is 24.7 Å². The molecule has 33 heavy (non-hydrogen) atoms. The smallest absolute Gasteiger partial charge is 0.454 e. The number of ether oxygens (including phenoxy) is 1. The minimum absolute atomic E-state index is 0.0601. The normalized spacial score (nSPS) is 22.8. The van der Waals surface area contributed by atoms with E-state index in [1.54, 1.807) is 25.1 Å². The number of hydrogen-bond donors (Lipinski definition) is 2. The van der Waals surface area contributed by atoms with E-state index in [9.17, 15) is 19.5 Å². The lowest BCUT2D eigenvalue weighted by molar-refractivity contribution is -0.155. The van der Waals surface area contributed by atoms with Crippen LogP contribution in [0.2, 0.25) is 0 Å². The topological polar surface area (TPSA) is 119 Å². The summed E-state index contributed by atoms with van der Waals surface area (Å²) in [5, 5.41) is 14.1. The van der Waals surface area contributed by atoms with Crippen LogP contribution in [0.3, 0.4) is 0 Å². The van der Waals surface area contributed by atoms with Crippen LogP contribution in [-0.2, 0) is 22.6 Å². The summed E-state index contributed by atoms with van der Waals surface area (Å²) < 4.78 is 14.8. The van der Waals surface area contributed by atoms with E-state index in [4.69, 9.17) is 13.6 Å². The number of carbonyl (C=O) groups excluding carboxylic acids is 2. The molecule has 0 saturated heterocycles. The van der Waals surface area contributed by atoms with Crippen LogP contribution in [0.4, 0.5) is 0 Å². The van der Waals surface area contributed by atoms with Gasteiger partial charge in [0.25, 0.3) is 5.91 Å². The van der Waals surface area contributed by atoms with Crippen molar-refractivity contribution in [3.05, 3.63) is 57.5 Å². The number of hydrogen-bond acceptors (Lipinski definition) is 7. The van der Waals surface area contributed by atoms with E-state index in [1.165, 1.54) is 0 Å². The molecule has 0 radical (unpaired) electrons. The van der Waals surface area contributed by atoms with Crippen LogP contribution in [0.25, 0.3) is 0 Å². The summed E-state index contributed by atoms with van der Waals surface area (Å²) in [7, 11) is 0. The number of carbonyl (C=O) groups is 2. The number of aryl methyl sites for hydroxylation is 1. The number of benzene rings is 1. The van der Waals surface area contributed by atoms with Crippen molar-refractivity contribution < 1.29 is 28.3 Å². The summed E-state index contributed by atoms with van der Waals surface area (Å²) in [6, 6.07) is 6.92. The van der Waals surface area contributed by atoms with Gasteiger partial charge in [0.1, 0.15) is 5.60 Å². The Kier molecular flexibility index (Phi) is 7.79. The maximum Gasteiger partial charge on any atom is 0.519 e. The molecule has 1 heterocycles. The molecular formula is C25H33NO7. The number of esters is 1. The summed E-state index contributed by atoms with van der Waals surface area (Å²) in [5.41, 5.74) is -0.153. The highest BCUT2D eigenvalue weighted by molar-refractivity contribution is 5.89. The molecule has 1 aliphatic carbocycles. The minimum Gasteiger partial charge on any atom is -0.454 e. The average molecular weight is 460 g/mol. The highest BCUT2D eigenvalue weighted by Gasteiger charge is 2.48. The van der Waals surface area contributed by atoms with E-state index in [0.29, 0.717) is 30.9 Å². The van der Waals surface area contributed by atoms with Gasteiger partial charge in [0.05, 0.1) is 5.56 Å². The largest absolute Gasteiger partial charge is 0.519 e. The molecular weight excluding hydrogens is 426 g/mol. The maximum atomic E-state index is 12.9. The zero-order chi connectivity index (χ0) is 24.2. The lowest BCUT2D eigenvalue weighted by atomic mass is 9.66. The van der Waals surface area contributed by atoms with Crippen molar-refractivity contribution in [2.75, 3.05) is 6.54 Å². The second-order valence-corrected chi connectivity index (χ2v) is 9.38. The fraction of sp³-hybridized carbons (Fsp3) is 0.560. The molecule has 1 fully saturated rings. The summed E-state index contributed by atoms with van der Waals surface area (Å²) in [5.74, 6) is -0.820. The lowest BCUT2D eigenvalue weighted by Crippen LogP contribution is -2.56. The first kappa shape index (κ1) is 24.8. The number of aliphatic hydroxyl groups is 1. The number of rotatable bonds is 8. The van der Waals surface area contributed by atoms with Gasteiger partial charge in [-0.3, -0.25) is 4.79 Å². The highest BCUT2D eigenvalue weighted by Crippen LogP contribution is 2.41. The van der Waals surface area contributed by atoms with Crippen LogP contribution < -0.4 is 11.1 Å². The first-order chi connectivity index (χ1) is 15.6. The van der Waals surface area contributed by atoms with Crippen molar-refractivity contribution >= 4 is 11.9 Å². The third kappa shape index (κ3) is 5.93. The van der Waals surface area contributed by atoms with Gasteiger partial charge >= 0.3 is 11.8 Å². The Morgan fingerprint density at radius 2 is 2.03 bits per heavy atom. The van der Waals surface area contributed by atoms with Gasteiger partial charge in [-0.2, -0.15) is 0 Å². The molecule has 0 spiro atoms. The molecule has 8 heteroatoms. The van der Waals surface area contributed by atoms with Gasteiger partial charge < -0.3 is 24.0 Å². The quantitative estimate of drug-likeness (QED) is 0.581. The van der Waals surface area contributed by atoms with Gasteiger partial charge in [-0.15, -0.1) is 0 Å². The Labute approximate surface area is 193 Å². The fourth-order valence-corrected chi connectivity index (χ4v) is 4.68. The third-order valence-corrected chi connectivity index (χ3v) is 6.47. The molecule has 2 N–H and O–H groups in total. The minimum atomic E-state index is -1.35. The SMILES string of the molecule is Cc1oc(=O)oc1COC(=O)c1cccc(CCNC(=O)[C@]2(O)C[C@H](C)CC[C@H]2C(C)C)c1. The van der Waals surface area contributed by atoms with Crippen LogP contribution in [0.15, 0.2) is 37.9 Å². The first-order valence-corrected chi connectivity index (χ1v) is 11.5. The van der Waals surface area contributed by atoms with Gasteiger partial charge in [-0.25, -0.2) is 9.59 Å². The summed E-state index contributed by atoms with van der Waals surface area (Å²) in [4.78, 5) is 36.4. The van der Waals surface area contributed by atoms with Crippen LogP contribution in [0.1, 0.15) is 67.5 Å². The Morgan fingerprint density at radius 3 is 2.70 bits per heavy atom. The Bertz CT molecular complexity index is 1040. The van der Waals surface area contributed by atoms with E-state index < -0.39 is 17.4 Å². The van der Waals surface area contributed by atoms with Crippen molar-refractivity contribution in [3.63, 3.8) is 0 Å². The molecule has 1 aromatic carbocycles. The zero-order valence-corrected chi connectivity index (χ0v) is 19.7. The van der Waals surface area contributed by atoms with Crippen molar-refractivity contribution in [1.29, 1.82) is 0 Å². The van der Waals surface area contributed by atoms with Gasteiger partial charge in [0.15, 0.2) is 18.1 Å². The third-order valence-electron chi connectivity index (χ3n) is 6.47. The van der Waals surface area contributed by atoms with Crippen LogP contribution in [-0.4, -0.2) is 29.1 Å². The van der Waals surface area contributed by atoms with Crippen molar-refractivity contribution in [1.82, 2.24) is 5.32 Å². The summed E-state index contributed by atoms with van der Waals surface area (Å²) in [6.45, 7) is 7.86. The van der Waals surface area contributed by atoms with Crippen molar-refractivity contribution in [2.24, 2.45) is 17.8 Å². The van der Waals surface area contributed by atoms with Crippen molar-refractivity contribution in [3.8, 4) is 0 Å². The number of nitrogens with one attached hydrogen (secondary N) is 1. The van der Waals surface area contributed by atoms with E-state index in [0.717, 1.165) is 18.4 Å². The molecule has 3 atom stereocenters. The van der Waals surface area contributed by atoms with Crippen molar-refractivity contribution in [2.45, 2.75) is 65.6 Å². The molecule has 180 valence electrons. The molecule has 2 aromatic rings. The second-order valence-electron chi connectivity index (χ2n) is 9.38. The monoisotopic (exact) mass is 459 g/mol. The van der Waals surface area contributed by atoms with E-state index in [2.05, 4.69) is 12.2 Å². The van der Waals surface area contributed by atoms with Crippen LogP contribution >= 0.6 is 0 Å². The Morgan fingerprint density at radius 1 is 1.27 bits per heavy atom. The molecule has 0 bridgehead atoms. The second kappa shape index (κ2) is 10.4. The fourth-order valence-electron chi connectivity index (χ4n) is 4.68. The van der Waals surface area contributed by atoms with E-state index >= 15 is 0 Å². The van der Waals surface area contributed by atoms with Gasteiger partial charge in [-0.05, 0) is 61.6 Å². The number of amides is 1.